The lowest BCUT2D eigenvalue weighted by atomic mass is 10.1. The smallest absolute Gasteiger partial charge is 0.240 e. The normalized spacial score (nSPS) is 12.6. The number of rotatable bonds is 7. The van der Waals surface area contributed by atoms with Crippen LogP contribution in [-0.2, 0) is 9.53 Å². The molecule has 1 N–H and O–H groups in total. The number of benzene rings is 1. The summed E-state index contributed by atoms with van der Waals surface area (Å²) in [6.07, 6.45) is 0. The van der Waals surface area contributed by atoms with Crippen LogP contribution in [0, 0.1) is 5.92 Å². The fourth-order valence-corrected chi connectivity index (χ4v) is 2.78. The third kappa shape index (κ3) is 4.41. The summed E-state index contributed by atoms with van der Waals surface area (Å²) in [7, 11) is 1.64. The van der Waals surface area contributed by atoms with E-state index in [4.69, 9.17) is 9.47 Å². The van der Waals surface area contributed by atoms with E-state index in [1.165, 1.54) is 11.3 Å². The maximum absolute atomic E-state index is 12.0. The van der Waals surface area contributed by atoms with Crippen LogP contribution >= 0.6 is 27.3 Å². The Bertz CT molecular complexity index is 645. The zero-order valence-corrected chi connectivity index (χ0v) is 15.2. The minimum absolute atomic E-state index is 0.0781. The standard InChI is InChI=1S/C15H19BrN2O3S/c1-9(2)13(16)14(19)18-15-17-11-5-4-10(8-12(11)22-15)21-7-6-20-3/h4-5,8-9,13H,6-7H2,1-3H3,(H,17,18,19)/t13-/m0/s1. The average molecular weight is 387 g/mol. The van der Waals surface area contributed by atoms with Crippen LogP contribution in [0.25, 0.3) is 10.2 Å². The maximum atomic E-state index is 12.0. The van der Waals surface area contributed by atoms with Gasteiger partial charge in [0.05, 0.1) is 21.7 Å². The Morgan fingerprint density at radius 1 is 1.41 bits per heavy atom. The van der Waals surface area contributed by atoms with Crippen LogP contribution < -0.4 is 10.1 Å². The van der Waals surface area contributed by atoms with Crippen LogP contribution in [0.15, 0.2) is 18.2 Å². The second-order valence-corrected chi connectivity index (χ2v) is 7.14. The highest BCUT2D eigenvalue weighted by atomic mass is 79.9. The Balaban J connectivity index is 2.08. The average Bonchev–Trinajstić information content (AvgIpc) is 2.87. The molecule has 1 aromatic carbocycles. The highest BCUT2D eigenvalue weighted by molar-refractivity contribution is 9.10. The van der Waals surface area contributed by atoms with Crippen LogP contribution in [0.4, 0.5) is 5.13 Å². The van der Waals surface area contributed by atoms with E-state index in [0.717, 1.165) is 16.0 Å². The highest BCUT2D eigenvalue weighted by Gasteiger charge is 2.19. The van der Waals surface area contributed by atoms with Crippen molar-refractivity contribution >= 4 is 48.5 Å². The molecule has 1 atom stereocenters. The molecular formula is C15H19BrN2O3S. The molecule has 0 saturated heterocycles. The van der Waals surface area contributed by atoms with Gasteiger partial charge in [0.25, 0.3) is 0 Å². The first-order valence-corrected chi connectivity index (χ1v) is 8.71. The Labute approximate surface area is 142 Å². The Kier molecular flexibility index (Phi) is 6.16. The first kappa shape index (κ1) is 17.2. The van der Waals surface area contributed by atoms with Crippen molar-refractivity contribution < 1.29 is 14.3 Å². The molecule has 0 aliphatic rings. The summed E-state index contributed by atoms with van der Waals surface area (Å²) in [6, 6.07) is 5.68. The molecule has 1 heterocycles. The molecule has 0 aliphatic heterocycles. The molecule has 0 radical (unpaired) electrons. The minimum Gasteiger partial charge on any atom is -0.491 e. The molecule has 7 heteroatoms. The van der Waals surface area contributed by atoms with Crippen LogP contribution in [0.5, 0.6) is 5.75 Å². The van der Waals surface area contributed by atoms with Crippen molar-refractivity contribution in [2.75, 3.05) is 25.6 Å². The van der Waals surface area contributed by atoms with Crippen LogP contribution in [-0.4, -0.2) is 36.0 Å². The minimum atomic E-state index is -0.229. The third-order valence-corrected chi connectivity index (χ3v) is 5.39. The van der Waals surface area contributed by atoms with Crippen LogP contribution in [0.1, 0.15) is 13.8 Å². The number of thiazole rings is 1. The topological polar surface area (TPSA) is 60.5 Å². The van der Waals surface area contributed by atoms with Crippen LogP contribution in [0.3, 0.4) is 0 Å². The molecule has 120 valence electrons. The number of hydrogen-bond acceptors (Lipinski definition) is 5. The Morgan fingerprint density at radius 3 is 2.86 bits per heavy atom. The van der Waals surface area contributed by atoms with Gasteiger partial charge in [-0.2, -0.15) is 0 Å². The van der Waals surface area contributed by atoms with E-state index in [-0.39, 0.29) is 16.7 Å². The van der Waals surface area contributed by atoms with E-state index in [0.29, 0.717) is 18.3 Å². The largest absolute Gasteiger partial charge is 0.491 e. The second-order valence-electron chi connectivity index (χ2n) is 5.12. The first-order valence-electron chi connectivity index (χ1n) is 6.98. The van der Waals surface area contributed by atoms with Gasteiger partial charge in [-0.25, -0.2) is 4.98 Å². The van der Waals surface area contributed by atoms with E-state index < -0.39 is 0 Å². The van der Waals surface area contributed by atoms with E-state index in [9.17, 15) is 4.79 Å². The molecule has 0 unspecified atom stereocenters. The lowest BCUT2D eigenvalue weighted by Gasteiger charge is -2.11. The molecule has 2 aromatic rings. The van der Waals surface area contributed by atoms with E-state index >= 15 is 0 Å². The van der Waals surface area contributed by atoms with Gasteiger partial charge in [-0.1, -0.05) is 41.1 Å². The van der Waals surface area contributed by atoms with Crippen molar-refractivity contribution in [2.45, 2.75) is 18.7 Å². The predicted octanol–water partition coefficient (Wildman–Crippen LogP) is 3.68. The Hall–Kier alpha value is -1.18. The van der Waals surface area contributed by atoms with Gasteiger partial charge in [-0.3, -0.25) is 4.79 Å². The number of halogens is 1. The summed E-state index contributed by atoms with van der Waals surface area (Å²) < 4.78 is 11.5. The van der Waals surface area contributed by atoms with Crippen LogP contribution in [0.2, 0.25) is 0 Å². The lowest BCUT2D eigenvalue weighted by Crippen LogP contribution is -2.26. The van der Waals surface area contributed by atoms with E-state index in [1.54, 1.807) is 7.11 Å². The molecule has 0 spiro atoms. The lowest BCUT2D eigenvalue weighted by molar-refractivity contribution is -0.116. The summed E-state index contributed by atoms with van der Waals surface area (Å²) in [5.41, 5.74) is 0.843. The number of nitrogens with one attached hydrogen (secondary N) is 1. The van der Waals surface area contributed by atoms with Crippen molar-refractivity contribution in [3.63, 3.8) is 0 Å². The number of nitrogens with zero attached hydrogens (tertiary/aromatic N) is 1. The van der Waals surface area contributed by atoms with Gasteiger partial charge in [-0.05, 0) is 24.1 Å². The molecule has 5 nitrogen and oxygen atoms in total. The number of anilines is 1. The fourth-order valence-electron chi connectivity index (χ4n) is 1.77. The molecule has 1 aromatic heterocycles. The number of methoxy groups -OCH3 is 1. The molecule has 0 fully saturated rings. The highest BCUT2D eigenvalue weighted by Crippen LogP contribution is 2.29. The van der Waals surface area contributed by atoms with E-state index in [2.05, 4.69) is 26.2 Å². The number of hydrogen-bond donors (Lipinski definition) is 1. The second kappa shape index (κ2) is 7.89. The summed E-state index contributed by atoms with van der Waals surface area (Å²) in [4.78, 5) is 16.2. The molecular weight excluding hydrogens is 368 g/mol. The molecule has 0 bridgehead atoms. The molecule has 1 amide bonds. The van der Waals surface area contributed by atoms with Crippen molar-refractivity contribution in [3.05, 3.63) is 18.2 Å². The van der Waals surface area contributed by atoms with Gasteiger partial charge in [-0.15, -0.1) is 0 Å². The number of carbonyl (C=O) groups excluding carboxylic acids is 1. The number of fused-ring (bicyclic) bond motifs is 1. The molecule has 2 rings (SSSR count). The van der Waals surface area contributed by atoms with Gasteiger partial charge >= 0.3 is 0 Å². The van der Waals surface area contributed by atoms with Crippen molar-refractivity contribution in [3.8, 4) is 5.75 Å². The van der Waals surface area contributed by atoms with Gasteiger partial charge in [0.15, 0.2) is 5.13 Å². The zero-order chi connectivity index (χ0) is 16.1. The van der Waals surface area contributed by atoms with Crippen molar-refractivity contribution in [1.82, 2.24) is 4.98 Å². The summed E-state index contributed by atoms with van der Waals surface area (Å²) >= 11 is 4.82. The SMILES string of the molecule is COCCOc1ccc2nc(NC(=O)[C@@H](Br)C(C)C)sc2c1. The molecule has 0 aliphatic carbocycles. The zero-order valence-electron chi connectivity index (χ0n) is 12.8. The molecule has 0 saturated carbocycles. The summed E-state index contributed by atoms with van der Waals surface area (Å²) in [5.74, 6) is 0.910. The molecule has 22 heavy (non-hydrogen) atoms. The predicted molar refractivity (Wildman–Crippen MR) is 93.2 cm³/mol. The Morgan fingerprint density at radius 2 is 2.18 bits per heavy atom. The number of aromatic nitrogens is 1. The first-order chi connectivity index (χ1) is 10.5. The van der Waals surface area contributed by atoms with E-state index in [1.807, 2.05) is 32.0 Å². The van der Waals surface area contributed by atoms with Gasteiger partial charge in [0.2, 0.25) is 5.91 Å². The maximum Gasteiger partial charge on any atom is 0.240 e. The number of amides is 1. The number of ether oxygens (including phenoxy) is 2. The van der Waals surface area contributed by atoms with Crippen molar-refractivity contribution in [1.29, 1.82) is 0 Å². The number of alkyl halides is 1. The van der Waals surface area contributed by atoms with Gasteiger partial charge < -0.3 is 14.8 Å². The van der Waals surface area contributed by atoms with Crippen molar-refractivity contribution in [2.24, 2.45) is 5.92 Å². The van der Waals surface area contributed by atoms with Gasteiger partial charge in [0.1, 0.15) is 12.4 Å². The third-order valence-electron chi connectivity index (χ3n) is 2.98. The monoisotopic (exact) mass is 386 g/mol. The number of carbonyl (C=O) groups is 1. The summed E-state index contributed by atoms with van der Waals surface area (Å²) in [5, 5.41) is 3.44. The summed E-state index contributed by atoms with van der Waals surface area (Å²) in [6.45, 7) is 5.02. The quantitative estimate of drug-likeness (QED) is 0.582. The van der Waals surface area contributed by atoms with Gasteiger partial charge in [0, 0.05) is 7.11 Å². The fraction of sp³-hybridized carbons (Fsp3) is 0.467.